The number of rotatable bonds is 3. The maximum atomic E-state index is 6.25. The van der Waals surface area contributed by atoms with Crippen LogP contribution in [0.2, 0.25) is 0 Å². The monoisotopic (exact) mass is 362 g/mol. The number of benzene rings is 1. The zero-order chi connectivity index (χ0) is 18.4. The number of hydrogen-bond donors (Lipinski definition) is 4. The Morgan fingerprint density at radius 1 is 1.19 bits per heavy atom. The van der Waals surface area contributed by atoms with E-state index in [-0.39, 0.29) is 12.1 Å². The van der Waals surface area contributed by atoms with Gasteiger partial charge in [-0.15, -0.1) is 5.10 Å². The Labute approximate surface area is 156 Å². The molecule has 8 heteroatoms. The summed E-state index contributed by atoms with van der Waals surface area (Å²) in [5, 5.41) is 9.76. The Balaban J connectivity index is 1.56. The minimum atomic E-state index is 0.128. The van der Waals surface area contributed by atoms with E-state index in [1.807, 2.05) is 30.5 Å². The second kappa shape index (κ2) is 6.24. The van der Waals surface area contributed by atoms with E-state index in [4.69, 9.17) is 16.5 Å². The van der Waals surface area contributed by atoms with Crippen LogP contribution >= 0.6 is 0 Å². The minimum Gasteiger partial charge on any atom is -0.382 e. The first-order valence-electron chi connectivity index (χ1n) is 9.30. The summed E-state index contributed by atoms with van der Waals surface area (Å²) in [5.74, 6) is 0.976. The van der Waals surface area contributed by atoms with E-state index in [9.17, 15) is 0 Å². The van der Waals surface area contributed by atoms with Crippen molar-refractivity contribution < 1.29 is 0 Å². The topological polar surface area (TPSA) is 123 Å². The van der Waals surface area contributed by atoms with Crippen molar-refractivity contribution in [3.63, 3.8) is 0 Å². The Hall–Kier alpha value is -3.13. The second-order valence-corrected chi connectivity index (χ2v) is 7.18. The Morgan fingerprint density at radius 2 is 2.07 bits per heavy atom. The zero-order valence-corrected chi connectivity index (χ0v) is 14.9. The average molecular weight is 362 g/mol. The molecule has 1 fully saturated rings. The van der Waals surface area contributed by atoms with Gasteiger partial charge in [0.15, 0.2) is 11.5 Å². The van der Waals surface area contributed by atoms with E-state index in [0.29, 0.717) is 17.4 Å². The molecule has 0 bridgehead atoms. The van der Waals surface area contributed by atoms with Crippen LogP contribution in [0.5, 0.6) is 0 Å². The predicted octanol–water partition coefficient (Wildman–Crippen LogP) is 2.56. The number of anilines is 2. The molecule has 0 spiro atoms. The van der Waals surface area contributed by atoms with Crippen molar-refractivity contribution >= 4 is 33.7 Å². The fourth-order valence-electron chi connectivity index (χ4n) is 3.85. The number of nitrogens with two attached hydrogens (primary N) is 2. The lowest BCUT2D eigenvalue weighted by Crippen LogP contribution is -2.42. The molecular weight excluding hydrogens is 340 g/mol. The molecule has 3 heterocycles. The molecule has 0 saturated heterocycles. The van der Waals surface area contributed by atoms with Crippen molar-refractivity contribution in [2.75, 3.05) is 11.1 Å². The SMILES string of the molecule is Nc1nn(-c2ccc3cc[nH]c3c2)c2nc(NC3CCCC[C@H]3N)ncc12. The molecule has 0 amide bonds. The van der Waals surface area contributed by atoms with Crippen molar-refractivity contribution in [1.82, 2.24) is 24.7 Å². The smallest absolute Gasteiger partial charge is 0.224 e. The van der Waals surface area contributed by atoms with E-state index in [1.54, 1.807) is 10.9 Å². The Bertz CT molecular complexity index is 1110. The van der Waals surface area contributed by atoms with Gasteiger partial charge in [0.05, 0.1) is 11.1 Å². The summed E-state index contributed by atoms with van der Waals surface area (Å²) >= 11 is 0. The molecule has 5 rings (SSSR count). The molecule has 1 aliphatic rings. The molecule has 3 aromatic heterocycles. The maximum Gasteiger partial charge on any atom is 0.224 e. The summed E-state index contributed by atoms with van der Waals surface area (Å²) < 4.78 is 1.76. The summed E-state index contributed by atoms with van der Waals surface area (Å²) in [7, 11) is 0. The summed E-state index contributed by atoms with van der Waals surface area (Å²) in [6.45, 7) is 0. The molecule has 1 saturated carbocycles. The highest BCUT2D eigenvalue weighted by atomic mass is 15.3. The average Bonchev–Trinajstić information content (AvgIpc) is 3.27. The molecule has 0 radical (unpaired) electrons. The first-order valence-corrected chi connectivity index (χ1v) is 9.30. The lowest BCUT2D eigenvalue weighted by atomic mass is 9.91. The van der Waals surface area contributed by atoms with Gasteiger partial charge in [0, 0.05) is 30.0 Å². The minimum absolute atomic E-state index is 0.128. The first-order chi connectivity index (χ1) is 13.2. The van der Waals surface area contributed by atoms with Crippen molar-refractivity contribution in [3.05, 3.63) is 36.7 Å². The van der Waals surface area contributed by atoms with Crippen LogP contribution in [0.4, 0.5) is 11.8 Å². The van der Waals surface area contributed by atoms with E-state index in [0.717, 1.165) is 34.8 Å². The van der Waals surface area contributed by atoms with Gasteiger partial charge in [-0.1, -0.05) is 18.9 Å². The molecule has 2 atom stereocenters. The van der Waals surface area contributed by atoms with E-state index >= 15 is 0 Å². The number of nitrogens with one attached hydrogen (secondary N) is 2. The van der Waals surface area contributed by atoms with Crippen LogP contribution in [-0.2, 0) is 0 Å². The summed E-state index contributed by atoms with van der Waals surface area (Å²) in [4.78, 5) is 12.4. The van der Waals surface area contributed by atoms with Crippen molar-refractivity contribution in [2.24, 2.45) is 5.73 Å². The van der Waals surface area contributed by atoms with Crippen LogP contribution in [-0.4, -0.2) is 36.8 Å². The van der Waals surface area contributed by atoms with Gasteiger partial charge in [0.2, 0.25) is 5.95 Å². The molecule has 8 nitrogen and oxygen atoms in total. The van der Waals surface area contributed by atoms with E-state index < -0.39 is 0 Å². The van der Waals surface area contributed by atoms with Gasteiger partial charge in [-0.25, -0.2) is 9.67 Å². The first kappa shape index (κ1) is 16.1. The van der Waals surface area contributed by atoms with Gasteiger partial charge in [0.25, 0.3) is 0 Å². The number of hydrogen-bond acceptors (Lipinski definition) is 6. The molecule has 27 heavy (non-hydrogen) atoms. The maximum absolute atomic E-state index is 6.25. The van der Waals surface area contributed by atoms with Crippen molar-refractivity contribution in [3.8, 4) is 5.69 Å². The third kappa shape index (κ3) is 2.78. The summed E-state index contributed by atoms with van der Waals surface area (Å²) in [6, 6.07) is 8.45. The Kier molecular flexibility index (Phi) is 3.71. The number of fused-ring (bicyclic) bond motifs is 2. The molecule has 1 aliphatic carbocycles. The van der Waals surface area contributed by atoms with Crippen LogP contribution in [0.3, 0.4) is 0 Å². The zero-order valence-electron chi connectivity index (χ0n) is 14.9. The predicted molar refractivity (Wildman–Crippen MR) is 107 cm³/mol. The molecule has 0 aliphatic heterocycles. The fraction of sp³-hybridized carbons (Fsp3) is 0.316. The quantitative estimate of drug-likeness (QED) is 0.444. The van der Waals surface area contributed by atoms with Crippen LogP contribution in [0.25, 0.3) is 27.6 Å². The van der Waals surface area contributed by atoms with Crippen LogP contribution in [0, 0.1) is 0 Å². The molecule has 4 aromatic rings. The highest BCUT2D eigenvalue weighted by Gasteiger charge is 2.23. The van der Waals surface area contributed by atoms with Gasteiger partial charge >= 0.3 is 0 Å². The number of nitrogens with zero attached hydrogens (tertiary/aromatic N) is 4. The standard InChI is InChI=1S/C19H22N8/c20-14-3-1-2-4-15(14)24-19-23-10-13-17(21)26-27(18(13)25-19)12-6-5-11-7-8-22-16(11)9-12/h5-10,14-15,22H,1-4,20H2,(H2,21,26)(H,23,24,25)/t14-,15?/m1/s1. The van der Waals surface area contributed by atoms with Crippen molar-refractivity contribution in [2.45, 2.75) is 37.8 Å². The Morgan fingerprint density at radius 3 is 2.96 bits per heavy atom. The molecule has 1 unspecified atom stereocenters. The van der Waals surface area contributed by atoms with E-state index in [1.165, 1.54) is 12.8 Å². The summed E-state index contributed by atoms with van der Waals surface area (Å²) in [6.07, 6.45) is 8.07. The molecule has 6 N–H and O–H groups in total. The van der Waals surface area contributed by atoms with Gasteiger partial charge in [0.1, 0.15) is 0 Å². The normalized spacial score (nSPS) is 20.3. The van der Waals surface area contributed by atoms with Crippen LogP contribution in [0.15, 0.2) is 36.7 Å². The van der Waals surface area contributed by atoms with Crippen molar-refractivity contribution in [1.29, 1.82) is 0 Å². The van der Waals surface area contributed by atoms with Gasteiger partial charge < -0.3 is 21.8 Å². The second-order valence-electron chi connectivity index (χ2n) is 7.18. The third-order valence-corrected chi connectivity index (χ3v) is 5.37. The molecule has 1 aromatic carbocycles. The lowest BCUT2D eigenvalue weighted by Gasteiger charge is -2.29. The fourth-order valence-corrected chi connectivity index (χ4v) is 3.85. The highest BCUT2D eigenvalue weighted by Crippen LogP contribution is 2.26. The largest absolute Gasteiger partial charge is 0.382 e. The van der Waals surface area contributed by atoms with Crippen LogP contribution in [0.1, 0.15) is 25.7 Å². The van der Waals surface area contributed by atoms with E-state index in [2.05, 4.69) is 20.4 Å². The van der Waals surface area contributed by atoms with Gasteiger partial charge in [-0.3, -0.25) is 0 Å². The number of H-pyrrole nitrogens is 1. The number of aromatic nitrogens is 5. The van der Waals surface area contributed by atoms with Gasteiger partial charge in [-0.05, 0) is 36.4 Å². The van der Waals surface area contributed by atoms with Crippen LogP contribution < -0.4 is 16.8 Å². The number of aromatic amines is 1. The lowest BCUT2D eigenvalue weighted by molar-refractivity contribution is 0.402. The van der Waals surface area contributed by atoms with Gasteiger partial charge in [-0.2, -0.15) is 4.98 Å². The summed E-state index contributed by atoms with van der Waals surface area (Å²) in [5.41, 5.74) is 15.0. The third-order valence-electron chi connectivity index (χ3n) is 5.37. The highest BCUT2D eigenvalue weighted by molar-refractivity contribution is 5.88. The molecular formula is C19H22N8. The number of nitrogen functional groups attached to an aromatic ring is 1. The molecule has 138 valence electrons.